The molecule has 0 nitrogen and oxygen atoms in total. The molecule has 0 N–H and O–H groups in total. The number of alkyl halides is 1. The molecule has 1 aliphatic rings. The van der Waals surface area contributed by atoms with Crippen molar-refractivity contribution in [2.75, 3.05) is 5.88 Å². The molecule has 0 saturated carbocycles. The molecule has 0 amide bonds. The highest BCUT2D eigenvalue weighted by Crippen LogP contribution is 2.17. The summed E-state index contributed by atoms with van der Waals surface area (Å²) >= 11 is 5.44. The molecular weight excluding hydrogens is 95.5 g/mol. The normalized spacial score (nSPS) is 19.2. The molecular formula is C5H7Cl. The summed E-state index contributed by atoms with van der Waals surface area (Å²) in [5.74, 6) is 0.750. The highest BCUT2D eigenvalue weighted by molar-refractivity contribution is 6.19. The molecule has 0 aromatic carbocycles. The topological polar surface area (TPSA) is 0 Å². The molecule has 34 valence electrons. The number of allylic oxidation sites excluding steroid dienone is 2. The molecule has 1 rings (SSSR count). The fourth-order valence-electron chi connectivity index (χ4n) is 0.470. The van der Waals surface area contributed by atoms with E-state index in [4.69, 9.17) is 11.6 Å². The number of rotatable bonds is 1. The second kappa shape index (κ2) is 1.65. The van der Waals surface area contributed by atoms with E-state index in [0.717, 1.165) is 5.88 Å². The van der Waals surface area contributed by atoms with Gasteiger partial charge in [-0.05, 0) is 12.8 Å². The second-order valence-corrected chi connectivity index (χ2v) is 1.80. The Hall–Kier alpha value is 0.0300. The third kappa shape index (κ3) is 0.574. The number of hydrogen-bond acceptors (Lipinski definition) is 0. The van der Waals surface area contributed by atoms with E-state index in [0.29, 0.717) is 0 Å². The van der Waals surface area contributed by atoms with Gasteiger partial charge in [0.15, 0.2) is 0 Å². The van der Waals surface area contributed by atoms with Gasteiger partial charge in [-0.15, -0.1) is 11.6 Å². The molecule has 6 heavy (non-hydrogen) atoms. The molecule has 0 radical (unpaired) electrons. The Kier molecular flexibility index (Phi) is 1.16. The molecule has 0 aliphatic heterocycles. The first-order valence-electron chi connectivity index (χ1n) is 2.17. The van der Waals surface area contributed by atoms with Crippen LogP contribution in [0.2, 0.25) is 0 Å². The maximum Gasteiger partial charge on any atom is 0.0433 e. The summed E-state index contributed by atoms with van der Waals surface area (Å²) in [6, 6.07) is 0. The zero-order valence-electron chi connectivity index (χ0n) is 3.58. The van der Waals surface area contributed by atoms with E-state index in [-0.39, 0.29) is 0 Å². The van der Waals surface area contributed by atoms with Crippen LogP contribution in [0.1, 0.15) is 12.8 Å². The van der Waals surface area contributed by atoms with Gasteiger partial charge in [-0.2, -0.15) is 0 Å². The summed E-state index contributed by atoms with van der Waals surface area (Å²) in [7, 11) is 0. The quantitative estimate of drug-likeness (QED) is 0.351. The van der Waals surface area contributed by atoms with Crippen molar-refractivity contribution in [3.63, 3.8) is 0 Å². The summed E-state index contributed by atoms with van der Waals surface area (Å²) in [6.45, 7) is 0. The van der Waals surface area contributed by atoms with Crippen molar-refractivity contribution < 1.29 is 0 Å². The third-order valence-corrected chi connectivity index (χ3v) is 1.41. The van der Waals surface area contributed by atoms with Crippen molar-refractivity contribution in [2.45, 2.75) is 12.8 Å². The molecule has 0 fully saturated rings. The first kappa shape index (κ1) is 4.20. The lowest BCUT2D eigenvalue weighted by Gasteiger charge is -2.08. The van der Waals surface area contributed by atoms with E-state index in [2.05, 4.69) is 6.08 Å². The van der Waals surface area contributed by atoms with Gasteiger partial charge in [0.25, 0.3) is 0 Å². The maximum absolute atomic E-state index is 5.44. The Labute approximate surface area is 42.8 Å². The molecule has 1 heteroatoms. The highest BCUT2D eigenvalue weighted by Gasteiger charge is 2.00. The van der Waals surface area contributed by atoms with Crippen LogP contribution >= 0.6 is 11.6 Å². The average Bonchev–Trinajstić information content (AvgIpc) is 1.31. The minimum atomic E-state index is 0.750. The van der Waals surface area contributed by atoms with Crippen LogP contribution in [0.5, 0.6) is 0 Å². The number of halogens is 1. The van der Waals surface area contributed by atoms with Crippen molar-refractivity contribution in [1.82, 2.24) is 0 Å². The molecule has 0 atom stereocenters. The van der Waals surface area contributed by atoms with Gasteiger partial charge in [0.2, 0.25) is 0 Å². The SMILES string of the molecule is ClCC1=CCC1. The summed E-state index contributed by atoms with van der Waals surface area (Å²) in [4.78, 5) is 0. The van der Waals surface area contributed by atoms with Crippen LogP contribution in [0.25, 0.3) is 0 Å². The molecule has 0 heterocycles. The lowest BCUT2D eigenvalue weighted by molar-refractivity contribution is 0.878. The molecule has 0 saturated heterocycles. The second-order valence-electron chi connectivity index (χ2n) is 1.53. The fourth-order valence-corrected chi connectivity index (χ4v) is 0.713. The Morgan fingerprint density at radius 1 is 1.83 bits per heavy atom. The monoisotopic (exact) mass is 102 g/mol. The van der Waals surface area contributed by atoms with Gasteiger partial charge < -0.3 is 0 Å². The predicted molar refractivity (Wildman–Crippen MR) is 28.0 cm³/mol. The molecule has 0 aromatic heterocycles. The van der Waals surface area contributed by atoms with Crippen LogP contribution in [0.3, 0.4) is 0 Å². The van der Waals surface area contributed by atoms with Crippen molar-refractivity contribution >= 4 is 11.6 Å². The van der Waals surface area contributed by atoms with E-state index >= 15 is 0 Å². The van der Waals surface area contributed by atoms with Crippen LogP contribution in [-0.4, -0.2) is 5.88 Å². The molecule has 1 aliphatic carbocycles. The van der Waals surface area contributed by atoms with Gasteiger partial charge in [-0.25, -0.2) is 0 Å². The third-order valence-electron chi connectivity index (χ3n) is 1.07. The predicted octanol–water partition coefficient (Wildman–Crippen LogP) is 1.95. The van der Waals surface area contributed by atoms with E-state index in [1.54, 1.807) is 0 Å². The van der Waals surface area contributed by atoms with Crippen molar-refractivity contribution in [3.05, 3.63) is 11.6 Å². The molecule has 0 bridgehead atoms. The molecule has 0 aromatic rings. The Bertz CT molecular complexity index is 74.0. The molecule has 0 spiro atoms. The van der Waals surface area contributed by atoms with Gasteiger partial charge in [0.05, 0.1) is 0 Å². The minimum Gasteiger partial charge on any atom is -0.122 e. The lowest BCUT2D eigenvalue weighted by atomic mass is 10.0. The van der Waals surface area contributed by atoms with E-state index in [9.17, 15) is 0 Å². The minimum absolute atomic E-state index is 0.750. The Morgan fingerprint density at radius 2 is 2.50 bits per heavy atom. The number of hydrogen-bond donors (Lipinski definition) is 0. The average molecular weight is 103 g/mol. The van der Waals surface area contributed by atoms with Crippen molar-refractivity contribution in [3.8, 4) is 0 Å². The van der Waals surface area contributed by atoms with Crippen molar-refractivity contribution in [2.24, 2.45) is 0 Å². The van der Waals surface area contributed by atoms with Gasteiger partial charge in [0.1, 0.15) is 0 Å². The lowest BCUT2D eigenvalue weighted by Crippen LogP contribution is -1.92. The van der Waals surface area contributed by atoms with Gasteiger partial charge in [-0.3, -0.25) is 0 Å². The summed E-state index contributed by atoms with van der Waals surface area (Å²) < 4.78 is 0. The largest absolute Gasteiger partial charge is 0.122 e. The Morgan fingerprint density at radius 3 is 2.50 bits per heavy atom. The highest BCUT2D eigenvalue weighted by atomic mass is 35.5. The maximum atomic E-state index is 5.44. The summed E-state index contributed by atoms with van der Waals surface area (Å²) in [5.41, 5.74) is 1.41. The van der Waals surface area contributed by atoms with Gasteiger partial charge in [-0.1, -0.05) is 11.6 Å². The standard InChI is InChI=1S/C5H7Cl/c6-4-5-2-1-3-5/h2H,1,3-4H2. The van der Waals surface area contributed by atoms with Crippen LogP contribution in [0.15, 0.2) is 11.6 Å². The van der Waals surface area contributed by atoms with Crippen LogP contribution in [-0.2, 0) is 0 Å². The van der Waals surface area contributed by atoms with E-state index in [1.165, 1.54) is 18.4 Å². The van der Waals surface area contributed by atoms with Crippen molar-refractivity contribution in [1.29, 1.82) is 0 Å². The zero-order chi connectivity index (χ0) is 4.41. The fraction of sp³-hybridized carbons (Fsp3) is 0.600. The van der Waals surface area contributed by atoms with Crippen LogP contribution in [0.4, 0.5) is 0 Å². The van der Waals surface area contributed by atoms with Gasteiger partial charge in [0, 0.05) is 5.88 Å². The van der Waals surface area contributed by atoms with Crippen LogP contribution in [0, 0.1) is 0 Å². The first-order valence-corrected chi connectivity index (χ1v) is 2.71. The smallest absolute Gasteiger partial charge is 0.0433 e. The molecule has 0 unspecified atom stereocenters. The van der Waals surface area contributed by atoms with Crippen LogP contribution < -0.4 is 0 Å². The van der Waals surface area contributed by atoms with Gasteiger partial charge >= 0.3 is 0 Å². The summed E-state index contributed by atoms with van der Waals surface area (Å²) in [5, 5.41) is 0. The van der Waals surface area contributed by atoms with E-state index < -0.39 is 0 Å². The zero-order valence-corrected chi connectivity index (χ0v) is 4.33. The Balaban J connectivity index is 2.32. The van der Waals surface area contributed by atoms with E-state index in [1.807, 2.05) is 0 Å². The first-order chi connectivity index (χ1) is 2.93. The summed E-state index contributed by atoms with van der Waals surface area (Å²) in [6.07, 6.45) is 4.68.